The van der Waals surface area contributed by atoms with E-state index < -0.39 is 0 Å². The third-order valence-corrected chi connectivity index (χ3v) is 3.56. The lowest BCUT2D eigenvalue weighted by molar-refractivity contribution is 0.378. The van der Waals surface area contributed by atoms with Crippen LogP contribution in [0.5, 0.6) is 0 Å². The molecule has 0 aromatic carbocycles. The molecule has 76 valence electrons. The predicted molar refractivity (Wildman–Crippen MR) is 55.8 cm³/mol. The van der Waals surface area contributed by atoms with E-state index in [1.165, 1.54) is 38.8 Å². The summed E-state index contributed by atoms with van der Waals surface area (Å²) in [5.41, 5.74) is 0. The van der Waals surface area contributed by atoms with Gasteiger partial charge < -0.3 is 10.2 Å². The largest absolute Gasteiger partial charge is 0.310 e. The fourth-order valence-electron chi connectivity index (χ4n) is 2.76. The summed E-state index contributed by atoms with van der Waals surface area (Å²) in [5, 5.41) is 3.80. The summed E-state index contributed by atoms with van der Waals surface area (Å²) in [6.45, 7) is 4.91. The molecule has 0 radical (unpaired) electrons. The molecule has 13 heavy (non-hydrogen) atoms. The van der Waals surface area contributed by atoms with Gasteiger partial charge in [-0.25, -0.2) is 0 Å². The van der Waals surface area contributed by atoms with E-state index in [1.54, 1.807) is 0 Å². The molecule has 0 unspecified atom stereocenters. The summed E-state index contributed by atoms with van der Waals surface area (Å²) < 4.78 is 0. The maximum Gasteiger partial charge on any atom is 0.0209 e. The quantitative estimate of drug-likeness (QED) is 0.695. The highest BCUT2D eigenvalue weighted by Gasteiger charge is 2.26. The molecule has 1 aliphatic heterocycles. The Labute approximate surface area is 81.7 Å². The molecule has 2 nitrogen and oxygen atoms in total. The first-order valence-electron chi connectivity index (χ1n) is 5.68. The first-order valence-corrected chi connectivity index (χ1v) is 5.68. The van der Waals surface area contributed by atoms with Crippen LogP contribution in [0.25, 0.3) is 0 Å². The molecule has 1 saturated carbocycles. The highest BCUT2D eigenvalue weighted by atomic mass is 15.2. The van der Waals surface area contributed by atoms with Crippen molar-refractivity contribution in [1.29, 1.82) is 0 Å². The first-order chi connectivity index (χ1) is 6.24. The van der Waals surface area contributed by atoms with Crippen LogP contribution in [-0.2, 0) is 0 Å². The first kappa shape index (κ1) is 9.47. The molecule has 2 heteroatoms. The Balaban J connectivity index is 1.72. The third kappa shape index (κ3) is 2.44. The average molecular weight is 182 g/mol. The molecule has 0 aromatic rings. The van der Waals surface area contributed by atoms with Gasteiger partial charge in [0.25, 0.3) is 0 Å². The van der Waals surface area contributed by atoms with Gasteiger partial charge in [-0.1, -0.05) is 6.92 Å². The second-order valence-electron chi connectivity index (χ2n) is 5.03. The zero-order chi connectivity index (χ0) is 9.26. The van der Waals surface area contributed by atoms with Crippen LogP contribution in [0.4, 0.5) is 0 Å². The van der Waals surface area contributed by atoms with Crippen molar-refractivity contribution in [3.05, 3.63) is 0 Å². The fraction of sp³-hybridized carbons (Fsp3) is 1.00. The zero-order valence-electron chi connectivity index (χ0n) is 8.92. The molecule has 1 N–H and O–H groups in total. The van der Waals surface area contributed by atoms with Gasteiger partial charge >= 0.3 is 0 Å². The molecule has 1 saturated heterocycles. The second-order valence-corrected chi connectivity index (χ2v) is 5.03. The van der Waals surface area contributed by atoms with Gasteiger partial charge in [0.15, 0.2) is 0 Å². The minimum absolute atomic E-state index is 0.778. The summed E-state index contributed by atoms with van der Waals surface area (Å²) in [5.74, 6) is 0.955. The average Bonchev–Trinajstić information content (AvgIpc) is 2.62. The molecule has 2 rings (SSSR count). The number of nitrogens with zero attached hydrogens (tertiary/aromatic N) is 1. The number of hydrogen-bond acceptors (Lipinski definition) is 2. The van der Waals surface area contributed by atoms with Crippen molar-refractivity contribution >= 4 is 0 Å². The van der Waals surface area contributed by atoms with Crippen molar-refractivity contribution in [3.63, 3.8) is 0 Å². The summed E-state index contributed by atoms with van der Waals surface area (Å²) in [4.78, 5) is 2.43. The van der Waals surface area contributed by atoms with Gasteiger partial charge in [-0.15, -0.1) is 0 Å². The lowest BCUT2D eigenvalue weighted by atomic mass is 10.1. The van der Waals surface area contributed by atoms with E-state index >= 15 is 0 Å². The third-order valence-electron chi connectivity index (χ3n) is 3.56. The number of hydrogen-bond donors (Lipinski definition) is 1. The normalized spacial score (nSPS) is 41.5. The lowest BCUT2D eigenvalue weighted by Gasteiger charge is -2.18. The van der Waals surface area contributed by atoms with Gasteiger partial charge in [-0.05, 0) is 45.2 Å². The Morgan fingerprint density at radius 3 is 2.54 bits per heavy atom. The Morgan fingerprint density at radius 1 is 1.15 bits per heavy atom. The molecule has 3 atom stereocenters. The summed E-state index contributed by atoms with van der Waals surface area (Å²) in [7, 11) is 2.22. The molecule has 0 amide bonds. The maximum absolute atomic E-state index is 3.80. The van der Waals surface area contributed by atoms with Crippen molar-refractivity contribution < 1.29 is 0 Å². The Kier molecular flexibility index (Phi) is 2.89. The molecule has 0 aromatic heterocycles. The van der Waals surface area contributed by atoms with Crippen LogP contribution in [0.1, 0.15) is 32.6 Å². The van der Waals surface area contributed by atoms with Crippen LogP contribution in [0.2, 0.25) is 0 Å². The van der Waals surface area contributed by atoms with E-state index in [-0.39, 0.29) is 0 Å². The molecular weight excluding hydrogens is 160 g/mol. The number of rotatable bonds is 2. The minimum atomic E-state index is 0.778. The van der Waals surface area contributed by atoms with Crippen molar-refractivity contribution in [2.45, 2.75) is 44.7 Å². The van der Waals surface area contributed by atoms with Crippen LogP contribution in [0, 0.1) is 5.92 Å². The Bertz CT molecular complexity index is 151. The number of nitrogens with one attached hydrogen (secondary N) is 1. The summed E-state index contributed by atoms with van der Waals surface area (Å²) in [6, 6.07) is 1.60. The number of likely N-dealkylation sites (tertiary alicyclic amines) is 1. The SMILES string of the molecule is C[C@H]1CC[C@@H](N[C@@H]2CCN(C)C2)C1. The Morgan fingerprint density at radius 2 is 2.00 bits per heavy atom. The van der Waals surface area contributed by atoms with Gasteiger partial charge in [-0.2, -0.15) is 0 Å². The number of likely N-dealkylation sites (N-methyl/N-ethyl adjacent to an activating group) is 1. The van der Waals surface area contributed by atoms with Crippen LogP contribution in [0.3, 0.4) is 0 Å². The predicted octanol–water partition coefficient (Wildman–Crippen LogP) is 1.47. The summed E-state index contributed by atoms with van der Waals surface area (Å²) >= 11 is 0. The van der Waals surface area contributed by atoms with Crippen LogP contribution >= 0.6 is 0 Å². The van der Waals surface area contributed by atoms with Crippen molar-refractivity contribution in [1.82, 2.24) is 10.2 Å². The molecule has 0 bridgehead atoms. The minimum Gasteiger partial charge on any atom is -0.310 e. The molecule has 1 heterocycles. The highest BCUT2D eigenvalue weighted by Crippen LogP contribution is 2.25. The maximum atomic E-state index is 3.80. The van der Waals surface area contributed by atoms with Crippen LogP contribution in [-0.4, -0.2) is 37.1 Å². The smallest absolute Gasteiger partial charge is 0.0209 e. The molecule has 1 aliphatic carbocycles. The summed E-state index contributed by atoms with van der Waals surface area (Å²) in [6.07, 6.45) is 5.59. The molecule has 2 aliphatic rings. The van der Waals surface area contributed by atoms with Gasteiger partial charge in [0, 0.05) is 18.6 Å². The van der Waals surface area contributed by atoms with E-state index in [4.69, 9.17) is 0 Å². The van der Waals surface area contributed by atoms with E-state index in [9.17, 15) is 0 Å². The lowest BCUT2D eigenvalue weighted by Crippen LogP contribution is -2.38. The van der Waals surface area contributed by atoms with Gasteiger partial charge in [-0.3, -0.25) is 0 Å². The van der Waals surface area contributed by atoms with Gasteiger partial charge in [0.05, 0.1) is 0 Å². The van der Waals surface area contributed by atoms with Gasteiger partial charge in [0.1, 0.15) is 0 Å². The van der Waals surface area contributed by atoms with E-state index in [0.717, 1.165) is 18.0 Å². The monoisotopic (exact) mass is 182 g/mol. The molecular formula is C11H22N2. The van der Waals surface area contributed by atoms with Crippen molar-refractivity contribution in [2.24, 2.45) is 5.92 Å². The van der Waals surface area contributed by atoms with E-state index in [2.05, 4.69) is 24.2 Å². The van der Waals surface area contributed by atoms with E-state index in [0.29, 0.717) is 0 Å². The molecule has 2 fully saturated rings. The second kappa shape index (κ2) is 3.97. The standard InChI is InChI=1S/C11H22N2/c1-9-3-4-10(7-9)12-11-5-6-13(2)8-11/h9-12H,3-8H2,1-2H3/t9-,10+,11+/m0/s1. The van der Waals surface area contributed by atoms with Crippen LogP contribution < -0.4 is 5.32 Å². The zero-order valence-corrected chi connectivity index (χ0v) is 8.92. The van der Waals surface area contributed by atoms with Crippen molar-refractivity contribution in [3.8, 4) is 0 Å². The topological polar surface area (TPSA) is 15.3 Å². The Hall–Kier alpha value is -0.0800. The van der Waals surface area contributed by atoms with Crippen LogP contribution in [0.15, 0.2) is 0 Å². The van der Waals surface area contributed by atoms with E-state index in [1.807, 2.05) is 0 Å². The highest BCUT2D eigenvalue weighted by molar-refractivity contribution is 4.86. The molecule has 0 spiro atoms. The van der Waals surface area contributed by atoms with Crippen molar-refractivity contribution in [2.75, 3.05) is 20.1 Å². The fourth-order valence-corrected chi connectivity index (χ4v) is 2.76. The van der Waals surface area contributed by atoms with Gasteiger partial charge in [0.2, 0.25) is 0 Å².